The third kappa shape index (κ3) is 5.11. The van der Waals surface area contributed by atoms with Gasteiger partial charge in [-0.1, -0.05) is 11.6 Å². The van der Waals surface area contributed by atoms with Crippen LogP contribution in [0, 0.1) is 0 Å². The molecule has 6 nitrogen and oxygen atoms in total. The molecule has 0 spiro atoms. The van der Waals surface area contributed by atoms with Crippen molar-refractivity contribution in [3.63, 3.8) is 0 Å². The van der Waals surface area contributed by atoms with Crippen molar-refractivity contribution < 1.29 is 14.3 Å². The van der Waals surface area contributed by atoms with Crippen LogP contribution in [0.1, 0.15) is 16.8 Å². The second-order valence-corrected chi connectivity index (χ2v) is 5.44. The van der Waals surface area contributed by atoms with Crippen molar-refractivity contribution >= 4 is 29.0 Å². The highest BCUT2D eigenvalue weighted by atomic mass is 35.5. The smallest absolute Gasteiger partial charge is 0.255 e. The predicted octanol–water partition coefficient (Wildman–Crippen LogP) is 3.44. The van der Waals surface area contributed by atoms with Crippen LogP contribution in [0.5, 0.6) is 5.75 Å². The maximum atomic E-state index is 12.4. The molecule has 24 heavy (non-hydrogen) atoms. The molecule has 2 rings (SSSR count). The Hall–Kier alpha value is -2.31. The van der Waals surface area contributed by atoms with Crippen LogP contribution < -0.4 is 15.4 Å². The minimum Gasteiger partial charge on any atom is -0.495 e. The zero-order valence-electron chi connectivity index (χ0n) is 13.6. The van der Waals surface area contributed by atoms with Crippen LogP contribution >= 0.6 is 11.6 Å². The Balaban J connectivity index is 2.06. The lowest BCUT2D eigenvalue weighted by molar-refractivity contribution is 0.102. The van der Waals surface area contributed by atoms with Crippen molar-refractivity contribution in [3.05, 3.63) is 47.1 Å². The number of benzene rings is 1. The summed E-state index contributed by atoms with van der Waals surface area (Å²) in [7, 11) is 3.20. The molecule has 7 heteroatoms. The Morgan fingerprint density at radius 1 is 1.25 bits per heavy atom. The van der Waals surface area contributed by atoms with Gasteiger partial charge < -0.3 is 20.1 Å². The van der Waals surface area contributed by atoms with Crippen LogP contribution in [0.4, 0.5) is 11.5 Å². The first-order chi connectivity index (χ1) is 11.6. The van der Waals surface area contributed by atoms with Crippen molar-refractivity contribution in [3.8, 4) is 5.75 Å². The quantitative estimate of drug-likeness (QED) is 0.714. The number of rotatable bonds is 8. The molecule has 0 fully saturated rings. The molecule has 0 saturated heterocycles. The molecule has 0 atom stereocenters. The van der Waals surface area contributed by atoms with Gasteiger partial charge in [-0.25, -0.2) is 4.98 Å². The van der Waals surface area contributed by atoms with E-state index in [-0.39, 0.29) is 5.91 Å². The van der Waals surface area contributed by atoms with Gasteiger partial charge in [0.05, 0.1) is 12.8 Å². The van der Waals surface area contributed by atoms with E-state index in [1.807, 2.05) is 0 Å². The maximum absolute atomic E-state index is 12.4. The Morgan fingerprint density at radius 2 is 2.08 bits per heavy atom. The SMILES string of the molecule is COCCCNc1cc(C(=O)Nc2cc(Cl)ccc2OC)ccn1. The van der Waals surface area contributed by atoms with Crippen LogP contribution in [0.3, 0.4) is 0 Å². The van der Waals surface area contributed by atoms with E-state index in [4.69, 9.17) is 21.1 Å². The van der Waals surface area contributed by atoms with Gasteiger partial charge >= 0.3 is 0 Å². The topological polar surface area (TPSA) is 72.5 Å². The van der Waals surface area contributed by atoms with Crippen LogP contribution in [0.2, 0.25) is 5.02 Å². The molecule has 0 saturated carbocycles. The van der Waals surface area contributed by atoms with Gasteiger partial charge in [0.2, 0.25) is 0 Å². The number of anilines is 2. The van der Waals surface area contributed by atoms with Gasteiger partial charge in [0.25, 0.3) is 5.91 Å². The van der Waals surface area contributed by atoms with E-state index < -0.39 is 0 Å². The molecule has 1 amide bonds. The number of amides is 1. The summed E-state index contributed by atoms with van der Waals surface area (Å²) < 4.78 is 10.2. The fraction of sp³-hybridized carbons (Fsp3) is 0.294. The third-order valence-electron chi connectivity index (χ3n) is 3.26. The lowest BCUT2D eigenvalue weighted by Crippen LogP contribution is -2.14. The Labute approximate surface area is 146 Å². The van der Waals surface area contributed by atoms with Crippen molar-refractivity contribution in [1.82, 2.24) is 4.98 Å². The van der Waals surface area contributed by atoms with Crippen molar-refractivity contribution in [2.75, 3.05) is 38.0 Å². The van der Waals surface area contributed by atoms with E-state index in [0.29, 0.717) is 41.0 Å². The summed E-state index contributed by atoms with van der Waals surface area (Å²) in [6, 6.07) is 8.38. The first-order valence-corrected chi connectivity index (χ1v) is 7.85. The summed E-state index contributed by atoms with van der Waals surface area (Å²) in [4.78, 5) is 16.6. The molecule has 0 aliphatic heterocycles. The molecule has 0 aliphatic carbocycles. The standard InChI is InChI=1S/C17H20ClN3O3/c1-23-9-3-7-19-16-10-12(6-8-20-16)17(22)21-14-11-13(18)4-5-15(14)24-2/h4-6,8,10-11H,3,7,9H2,1-2H3,(H,19,20)(H,21,22). The molecule has 2 aromatic rings. The molecule has 2 N–H and O–H groups in total. The fourth-order valence-corrected chi connectivity index (χ4v) is 2.25. The largest absolute Gasteiger partial charge is 0.495 e. The Kier molecular flexibility index (Phi) is 6.84. The third-order valence-corrected chi connectivity index (χ3v) is 3.50. The van der Waals surface area contributed by atoms with E-state index >= 15 is 0 Å². The number of ether oxygens (including phenoxy) is 2. The molecule has 128 valence electrons. The highest BCUT2D eigenvalue weighted by molar-refractivity contribution is 6.31. The number of carbonyl (C=O) groups excluding carboxylic acids is 1. The lowest BCUT2D eigenvalue weighted by atomic mass is 10.2. The van der Waals surface area contributed by atoms with E-state index in [1.54, 1.807) is 43.6 Å². The summed E-state index contributed by atoms with van der Waals surface area (Å²) in [6.07, 6.45) is 2.44. The molecule has 0 unspecified atom stereocenters. The predicted molar refractivity (Wildman–Crippen MR) is 95.2 cm³/mol. The summed E-state index contributed by atoms with van der Waals surface area (Å²) in [6.45, 7) is 1.38. The number of aromatic nitrogens is 1. The number of carbonyl (C=O) groups is 1. The van der Waals surface area contributed by atoms with Crippen LogP contribution in [-0.4, -0.2) is 38.3 Å². The molecular weight excluding hydrogens is 330 g/mol. The zero-order chi connectivity index (χ0) is 17.4. The van der Waals surface area contributed by atoms with Crippen molar-refractivity contribution in [1.29, 1.82) is 0 Å². The van der Waals surface area contributed by atoms with Crippen LogP contribution in [0.25, 0.3) is 0 Å². The number of nitrogens with zero attached hydrogens (tertiary/aromatic N) is 1. The van der Waals surface area contributed by atoms with Crippen molar-refractivity contribution in [2.45, 2.75) is 6.42 Å². The Bertz CT molecular complexity index is 695. The van der Waals surface area contributed by atoms with Gasteiger partial charge in [-0.3, -0.25) is 4.79 Å². The highest BCUT2D eigenvalue weighted by Crippen LogP contribution is 2.28. The number of nitrogens with one attached hydrogen (secondary N) is 2. The molecule has 0 aliphatic rings. The minimum atomic E-state index is -0.266. The van der Waals surface area contributed by atoms with Crippen LogP contribution in [-0.2, 0) is 4.74 Å². The molecule has 1 aromatic heterocycles. The molecular formula is C17H20ClN3O3. The average molecular weight is 350 g/mol. The summed E-state index contributed by atoms with van der Waals surface area (Å²) in [5.74, 6) is 0.912. The second kappa shape index (κ2) is 9.10. The normalized spacial score (nSPS) is 10.3. The number of methoxy groups -OCH3 is 2. The number of halogens is 1. The zero-order valence-corrected chi connectivity index (χ0v) is 14.4. The van der Waals surface area contributed by atoms with Gasteiger partial charge in [0.15, 0.2) is 0 Å². The van der Waals surface area contributed by atoms with Gasteiger partial charge in [-0.05, 0) is 36.8 Å². The minimum absolute atomic E-state index is 0.266. The molecule has 1 aromatic carbocycles. The number of hydrogen-bond donors (Lipinski definition) is 2. The van der Waals surface area contributed by atoms with Gasteiger partial charge in [0.1, 0.15) is 11.6 Å². The van der Waals surface area contributed by atoms with Crippen LogP contribution in [0.15, 0.2) is 36.5 Å². The van der Waals surface area contributed by atoms with E-state index in [1.165, 1.54) is 7.11 Å². The lowest BCUT2D eigenvalue weighted by Gasteiger charge is -2.11. The Morgan fingerprint density at radius 3 is 2.83 bits per heavy atom. The summed E-state index contributed by atoms with van der Waals surface area (Å²) in [5, 5.41) is 6.47. The first kappa shape index (κ1) is 18.0. The fourth-order valence-electron chi connectivity index (χ4n) is 2.07. The van der Waals surface area contributed by atoms with Gasteiger partial charge in [-0.2, -0.15) is 0 Å². The average Bonchev–Trinajstić information content (AvgIpc) is 2.59. The van der Waals surface area contributed by atoms with Crippen molar-refractivity contribution in [2.24, 2.45) is 0 Å². The van der Waals surface area contributed by atoms with Gasteiger partial charge in [-0.15, -0.1) is 0 Å². The summed E-state index contributed by atoms with van der Waals surface area (Å²) >= 11 is 5.97. The van der Waals surface area contributed by atoms with E-state index in [0.717, 1.165) is 6.42 Å². The highest BCUT2D eigenvalue weighted by Gasteiger charge is 2.11. The first-order valence-electron chi connectivity index (χ1n) is 7.48. The molecule has 0 radical (unpaired) electrons. The van der Waals surface area contributed by atoms with E-state index in [2.05, 4.69) is 15.6 Å². The summed E-state index contributed by atoms with van der Waals surface area (Å²) in [5.41, 5.74) is 1.00. The number of hydrogen-bond acceptors (Lipinski definition) is 5. The molecule has 1 heterocycles. The number of pyridine rings is 1. The monoisotopic (exact) mass is 349 g/mol. The van der Waals surface area contributed by atoms with E-state index in [9.17, 15) is 4.79 Å². The molecule has 0 bridgehead atoms. The van der Waals surface area contributed by atoms with Gasteiger partial charge in [0, 0.05) is 37.0 Å². The maximum Gasteiger partial charge on any atom is 0.255 e. The second-order valence-electron chi connectivity index (χ2n) is 5.00.